The highest BCUT2D eigenvalue weighted by Crippen LogP contribution is 2.18. The van der Waals surface area contributed by atoms with Crippen molar-refractivity contribution in [3.05, 3.63) is 65.0 Å². The molecule has 20 heavy (non-hydrogen) atoms. The molecule has 0 fully saturated rings. The quantitative estimate of drug-likeness (QED) is 0.924. The molecule has 1 aliphatic rings. The molecular weight excluding hydrogens is 250 g/mol. The number of carbonyl (C=O) groups excluding carboxylic acids is 1. The minimum atomic E-state index is 0.0523. The van der Waals surface area contributed by atoms with E-state index in [2.05, 4.69) is 10.3 Å². The molecule has 1 aliphatic heterocycles. The van der Waals surface area contributed by atoms with Crippen molar-refractivity contribution in [1.29, 1.82) is 0 Å². The maximum Gasteiger partial charge on any atom is 0.253 e. The predicted molar refractivity (Wildman–Crippen MR) is 77.0 cm³/mol. The van der Waals surface area contributed by atoms with Crippen molar-refractivity contribution in [2.45, 2.75) is 19.6 Å². The lowest BCUT2D eigenvalue weighted by Gasteiger charge is -2.17. The standard InChI is InChI=1S/C16H17N3O/c1-19(11-12-4-6-17-7-5-12)16(20)13-2-3-14-9-18-10-15(14)8-13/h2-8,18H,9-11H2,1H3. The molecule has 0 radical (unpaired) electrons. The Labute approximate surface area is 118 Å². The van der Waals surface area contributed by atoms with Gasteiger partial charge in [0.25, 0.3) is 5.91 Å². The van der Waals surface area contributed by atoms with Crippen LogP contribution >= 0.6 is 0 Å². The molecule has 0 unspecified atom stereocenters. The van der Waals surface area contributed by atoms with Crippen LogP contribution in [0.2, 0.25) is 0 Å². The van der Waals surface area contributed by atoms with Gasteiger partial charge < -0.3 is 10.2 Å². The number of nitrogens with one attached hydrogen (secondary N) is 1. The summed E-state index contributed by atoms with van der Waals surface area (Å²) in [5.41, 5.74) is 4.36. The summed E-state index contributed by atoms with van der Waals surface area (Å²) in [7, 11) is 1.83. The van der Waals surface area contributed by atoms with Crippen molar-refractivity contribution in [3.63, 3.8) is 0 Å². The van der Waals surface area contributed by atoms with Crippen LogP contribution < -0.4 is 5.32 Å². The van der Waals surface area contributed by atoms with Crippen LogP contribution in [0.15, 0.2) is 42.7 Å². The first-order valence-corrected chi connectivity index (χ1v) is 6.71. The Morgan fingerprint density at radius 1 is 1.20 bits per heavy atom. The molecule has 0 saturated carbocycles. The fraction of sp³-hybridized carbons (Fsp3) is 0.250. The second kappa shape index (κ2) is 5.43. The molecule has 0 spiro atoms. The van der Waals surface area contributed by atoms with Crippen molar-refractivity contribution in [2.24, 2.45) is 0 Å². The maximum atomic E-state index is 12.4. The molecule has 4 nitrogen and oxygen atoms in total. The van der Waals surface area contributed by atoms with E-state index >= 15 is 0 Å². The highest BCUT2D eigenvalue weighted by molar-refractivity contribution is 5.94. The Bertz CT molecular complexity index is 625. The van der Waals surface area contributed by atoms with Gasteiger partial charge in [-0.3, -0.25) is 9.78 Å². The van der Waals surface area contributed by atoms with E-state index in [0.717, 1.165) is 24.2 Å². The van der Waals surface area contributed by atoms with Gasteiger partial charge in [-0.1, -0.05) is 6.07 Å². The monoisotopic (exact) mass is 267 g/mol. The van der Waals surface area contributed by atoms with E-state index in [1.54, 1.807) is 17.3 Å². The van der Waals surface area contributed by atoms with Gasteiger partial charge in [0.1, 0.15) is 0 Å². The van der Waals surface area contributed by atoms with Crippen LogP contribution in [-0.2, 0) is 19.6 Å². The topological polar surface area (TPSA) is 45.2 Å². The molecular formula is C16H17N3O. The van der Waals surface area contributed by atoms with Crippen molar-refractivity contribution in [1.82, 2.24) is 15.2 Å². The van der Waals surface area contributed by atoms with E-state index in [4.69, 9.17) is 0 Å². The Morgan fingerprint density at radius 2 is 1.95 bits per heavy atom. The number of fused-ring (bicyclic) bond motifs is 1. The first kappa shape index (κ1) is 12.8. The van der Waals surface area contributed by atoms with Gasteiger partial charge in [0.2, 0.25) is 0 Å². The lowest BCUT2D eigenvalue weighted by Crippen LogP contribution is -2.26. The van der Waals surface area contributed by atoms with E-state index in [1.165, 1.54) is 11.1 Å². The normalized spacial score (nSPS) is 13.1. The molecule has 1 amide bonds. The largest absolute Gasteiger partial charge is 0.337 e. The number of benzene rings is 1. The molecule has 0 atom stereocenters. The average molecular weight is 267 g/mol. The molecule has 1 aromatic heterocycles. The van der Waals surface area contributed by atoms with E-state index in [9.17, 15) is 4.79 Å². The molecule has 2 aromatic rings. The number of hydrogen-bond donors (Lipinski definition) is 1. The summed E-state index contributed by atoms with van der Waals surface area (Å²) in [5, 5.41) is 3.29. The van der Waals surface area contributed by atoms with Gasteiger partial charge >= 0.3 is 0 Å². The fourth-order valence-corrected chi connectivity index (χ4v) is 2.48. The Balaban J connectivity index is 1.75. The molecule has 1 aromatic carbocycles. The minimum Gasteiger partial charge on any atom is -0.337 e. The van der Waals surface area contributed by atoms with E-state index in [-0.39, 0.29) is 5.91 Å². The average Bonchev–Trinajstić information content (AvgIpc) is 2.94. The van der Waals surface area contributed by atoms with Crippen LogP contribution in [0, 0.1) is 0 Å². The first-order chi connectivity index (χ1) is 9.74. The summed E-state index contributed by atoms with van der Waals surface area (Å²) < 4.78 is 0. The molecule has 2 heterocycles. The molecule has 0 saturated heterocycles. The van der Waals surface area contributed by atoms with Gasteiger partial charge in [0.15, 0.2) is 0 Å². The van der Waals surface area contributed by atoms with Crippen molar-refractivity contribution >= 4 is 5.91 Å². The summed E-state index contributed by atoms with van der Waals surface area (Å²) in [6.45, 7) is 2.35. The van der Waals surface area contributed by atoms with E-state index in [1.807, 2.05) is 37.4 Å². The van der Waals surface area contributed by atoms with E-state index < -0.39 is 0 Å². The van der Waals surface area contributed by atoms with Crippen LogP contribution in [-0.4, -0.2) is 22.8 Å². The molecule has 0 bridgehead atoms. The number of amides is 1. The number of pyridine rings is 1. The molecule has 1 N–H and O–H groups in total. The van der Waals surface area contributed by atoms with Gasteiger partial charge in [-0.05, 0) is 41.0 Å². The van der Waals surface area contributed by atoms with Crippen LogP contribution in [0.4, 0.5) is 0 Å². The summed E-state index contributed by atoms with van der Waals surface area (Å²) in [6, 6.07) is 9.81. The Kier molecular flexibility index (Phi) is 3.48. The van der Waals surface area contributed by atoms with E-state index in [0.29, 0.717) is 6.54 Å². The number of aromatic nitrogens is 1. The van der Waals surface area contributed by atoms with Crippen LogP contribution in [0.3, 0.4) is 0 Å². The molecule has 4 heteroatoms. The van der Waals surface area contributed by atoms with Gasteiger partial charge in [-0.15, -0.1) is 0 Å². The zero-order valence-electron chi connectivity index (χ0n) is 11.5. The van der Waals surface area contributed by atoms with Crippen molar-refractivity contribution in [3.8, 4) is 0 Å². The summed E-state index contributed by atoms with van der Waals surface area (Å²) in [4.78, 5) is 18.2. The van der Waals surface area contributed by atoms with Crippen molar-refractivity contribution < 1.29 is 4.79 Å². The smallest absolute Gasteiger partial charge is 0.253 e. The second-order valence-electron chi connectivity index (χ2n) is 5.10. The van der Waals surface area contributed by atoms with Crippen molar-refractivity contribution in [2.75, 3.05) is 7.05 Å². The Hall–Kier alpha value is -2.20. The van der Waals surface area contributed by atoms with Gasteiger partial charge in [-0.25, -0.2) is 0 Å². The van der Waals surface area contributed by atoms with Gasteiger partial charge in [0.05, 0.1) is 0 Å². The third-order valence-electron chi connectivity index (χ3n) is 3.60. The molecule has 3 rings (SSSR count). The SMILES string of the molecule is CN(Cc1ccncc1)C(=O)c1ccc2c(c1)CNC2. The van der Waals surface area contributed by atoms with Gasteiger partial charge in [0, 0.05) is 44.6 Å². The summed E-state index contributed by atoms with van der Waals surface area (Å²) in [5.74, 6) is 0.0523. The molecule has 102 valence electrons. The zero-order valence-corrected chi connectivity index (χ0v) is 11.5. The minimum absolute atomic E-state index is 0.0523. The predicted octanol–water partition coefficient (Wildman–Crippen LogP) is 1.96. The number of rotatable bonds is 3. The van der Waals surface area contributed by atoms with Gasteiger partial charge in [-0.2, -0.15) is 0 Å². The lowest BCUT2D eigenvalue weighted by molar-refractivity contribution is 0.0785. The molecule has 0 aliphatic carbocycles. The Morgan fingerprint density at radius 3 is 2.75 bits per heavy atom. The third-order valence-corrected chi connectivity index (χ3v) is 3.60. The summed E-state index contributed by atoms with van der Waals surface area (Å²) >= 11 is 0. The number of nitrogens with zero attached hydrogens (tertiary/aromatic N) is 2. The van der Waals surface area contributed by atoms with Crippen LogP contribution in [0.5, 0.6) is 0 Å². The van der Waals surface area contributed by atoms with Crippen LogP contribution in [0.1, 0.15) is 27.0 Å². The summed E-state index contributed by atoms with van der Waals surface area (Å²) in [6.07, 6.45) is 3.49. The fourth-order valence-electron chi connectivity index (χ4n) is 2.48. The second-order valence-corrected chi connectivity index (χ2v) is 5.10. The number of hydrogen-bond acceptors (Lipinski definition) is 3. The van der Waals surface area contributed by atoms with Crippen LogP contribution in [0.25, 0.3) is 0 Å². The third kappa shape index (κ3) is 2.56. The zero-order chi connectivity index (χ0) is 13.9. The lowest BCUT2D eigenvalue weighted by atomic mass is 10.1. The number of carbonyl (C=O) groups is 1. The highest BCUT2D eigenvalue weighted by Gasteiger charge is 2.16. The highest BCUT2D eigenvalue weighted by atomic mass is 16.2. The first-order valence-electron chi connectivity index (χ1n) is 6.71. The maximum absolute atomic E-state index is 12.4.